The van der Waals surface area contributed by atoms with E-state index in [-0.39, 0.29) is 0 Å². The molecule has 1 aromatic heterocycles. The Labute approximate surface area is 90.8 Å². The van der Waals surface area contributed by atoms with E-state index in [2.05, 4.69) is 38.0 Å². The van der Waals surface area contributed by atoms with Gasteiger partial charge in [-0.2, -0.15) is 0 Å². The second-order valence-corrected chi connectivity index (χ2v) is 5.21. The van der Waals surface area contributed by atoms with Crippen molar-refractivity contribution in [3.05, 3.63) is 15.6 Å². The highest BCUT2D eigenvalue weighted by molar-refractivity contribution is 7.11. The van der Waals surface area contributed by atoms with Crippen molar-refractivity contribution in [2.24, 2.45) is 0 Å². The van der Waals surface area contributed by atoms with Crippen LogP contribution in [0.25, 0.3) is 0 Å². The van der Waals surface area contributed by atoms with Gasteiger partial charge in [0.15, 0.2) is 0 Å². The molecule has 0 aliphatic heterocycles. The molecule has 0 aromatic carbocycles. The highest BCUT2D eigenvalue weighted by Crippen LogP contribution is 2.16. The number of rotatable bonds is 5. The maximum absolute atomic E-state index is 4.50. The molecule has 80 valence electrons. The summed E-state index contributed by atoms with van der Waals surface area (Å²) in [5.74, 6) is 0. The van der Waals surface area contributed by atoms with E-state index in [1.165, 1.54) is 28.4 Å². The molecule has 1 rings (SSSR count). The average molecular weight is 212 g/mol. The van der Waals surface area contributed by atoms with Crippen molar-refractivity contribution < 1.29 is 0 Å². The third-order valence-corrected chi connectivity index (χ3v) is 3.27. The van der Waals surface area contributed by atoms with Gasteiger partial charge in [0.05, 0.1) is 10.7 Å². The Morgan fingerprint density at radius 3 is 2.64 bits per heavy atom. The first-order valence-electron chi connectivity index (χ1n) is 5.29. The van der Waals surface area contributed by atoms with Crippen LogP contribution in [0.3, 0.4) is 0 Å². The Bertz CT molecular complexity index is 281. The molecule has 1 N–H and O–H groups in total. The van der Waals surface area contributed by atoms with Gasteiger partial charge in [0.1, 0.15) is 0 Å². The fourth-order valence-corrected chi connectivity index (χ4v) is 2.38. The van der Waals surface area contributed by atoms with E-state index in [4.69, 9.17) is 0 Å². The number of hydrogen-bond acceptors (Lipinski definition) is 3. The minimum absolute atomic E-state index is 0.599. The van der Waals surface area contributed by atoms with Crippen molar-refractivity contribution in [2.45, 2.75) is 53.1 Å². The Morgan fingerprint density at radius 1 is 1.43 bits per heavy atom. The van der Waals surface area contributed by atoms with Gasteiger partial charge >= 0.3 is 0 Å². The van der Waals surface area contributed by atoms with Crippen LogP contribution in [-0.2, 0) is 6.54 Å². The molecule has 0 fully saturated rings. The van der Waals surface area contributed by atoms with E-state index >= 15 is 0 Å². The molecule has 1 heterocycles. The Kier molecular flexibility index (Phi) is 4.55. The summed E-state index contributed by atoms with van der Waals surface area (Å²) in [7, 11) is 0. The maximum Gasteiger partial charge on any atom is 0.0900 e. The van der Waals surface area contributed by atoms with E-state index in [0.29, 0.717) is 6.04 Å². The molecule has 0 saturated heterocycles. The lowest BCUT2D eigenvalue weighted by atomic mass is 10.2. The van der Waals surface area contributed by atoms with Gasteiger partial charge in [-0.3, -0.25) is 0 Å². The minimum Gasteiger partial charge on any atom is -0.309 e. The molecule has 0 bridgehead atoms. The fraction of sp³-hybridized carbons (Fsp3) is 0.727. The van der Waals surface area contributed by atoms with Gasteiger partial charge in [-0.05, 0) is 27.2 Å². The molecule has 1 atom stereocenters. The molecule has 0 saturated carbocycles. The number of nitrogens with one attached hydrogen (secondary N) is 1. The van der Waals surface area contributed by atoms with Crippen molar-refractivity contribution in [2.75, 3.05) is 0 Å². The SMILES string of the molecule is CCCC(C)NCc1nc(C)sc1C. The Balaban J connectivity index is 2.41. The molecule has 3 heteroatoms. The molecule has 2 nitrogen and oxygen atoms in total. The smallest absolute Gasteiger partial charge is 0.0900 e. The predicted octanol–water partition coefficient (Wildman–Crippen LogP) is 3.04. The van der Waals surface area contributed by atoms with E-state index in [0.717, 1.165) is 6.54 Å². The van der Waals surface area contributed by atoms with E-state index in [9.17, 15) is 0 Å². The number of nitrogens with zero attached hydrogens (tertiary/aromatic N) is 1. The summed E-state index contributed by atoms with van der Waals surface area (Å²) in [5.41, 5.74) is 1.22. The third kappa shape index (κ3) is 3.39. The van der Waals surface area contributed by atoms with Crippen molar-refractivity contribution >= 4 is 11.3 Å². The zero-order valence-corrected chi connectivity index (χ0v) is 10.4. The molecule has 0 amide bonds. The standard InChI is InChI=1S/C11H20N2S/c1-5-6-8(2)12-7-11-9(3)14-10(4)13-11/h8,12H,5-7H2,1-4H3. The lowest BCUT2D eigenvalue weighted by Gasteiger charge is -2.11. The molecular formula is C11H20N2S. The van der Waals surface area contributed by atoms with Gasteiger partial charge in [0.25, 0.3) is 0 Å². The van der Waals surface area contributed by atoms with Gasteiger partial charge in [-0.15, -0.1) is 11.3 Å². The van der Waals surface area contributed by atoms with Crippen LogP contribution in [0, 0.1) is 13.8 Å². The van der Waals surface area contributed by atoms with E-state index in [1.807, 2.05) is 0 Å². The molecule has 1 aromatic rings. The second-order valence-electron chi connectivity index (χ2n) is 3.81. The maximum atomic E-state index is 4.50. The highest BCUT2D eigenvalue weighted by Gasteiger charge is 2.06. The summed E-state index contributed by atoms with van der Waals surface area (Å²) in [6.07, 6.45) is 2.48. The third-order valence-electron chi connectivity index (χ3n) is 2.34. The first-order chi connectivity index (χ1) is 6.63. The Morgan fingerprint density at radius 2 is 2.14 bits per heavy atom. The monoisotopic (exact) mass is 212 g/mol. The van der Waals surface area contributed by atoms with Crippen LogP contribution in [0.5, 0.6) is 0 Å². The largest absolute Gasteiger partial charge is 0.309 e. The van der Waals surface area contributed by atoms with E-state index < -0.39 is 0 Å². The van der Waals surface area contributed by atoms with Gasteiger partial charge in [0, 0.05) is 17.5 Å². The average Bonchev–Trinajstić information content (AvgIpc) is 2.42. The van der Waals surface area contributed by atoms with Crippen LogP contribution in [0.2, 0.25) is 0 Å². The summed E-state index contributed by atoms with van der Waals surface area (Å²) in [6.45, 7) is 9.58. The van der Waals surface area contributed by atoms with Crippen LogP contribution in [0.15, 0.2) is 0 Å². The van der Waals surface area contributed by atoms with Crippen molar-refractivity contribution in [3.63, 3.8) is 0 Å². The zero-order chi connectivity index (χ0) is 10.6. The normalized spacial score (nSPS) is 13.1. The molecule has 0 aliphatic carbocycles. The first-order valence-corrected chi connectivity index (χ1v) is 6.11. The lowest BCUT2D eigenvalue weighted by molar-refractivity contribution is 0.504. The summed E-state index contributed by atoms with van der Waals surface area (Å²) in [6, 6.07) is 0.599. The first kappa shape index (κ1) is 11.7. The van der Waals surface area contributed by atoms with Crippen molar-refractivity contribution in [1.29, 1.82) is 0 Å². The van der Waals surface area contributed by atoms with E-state index in [1.54, 1.807) is 11.3 Å². The minimum atomic E-state index is 0.599. The summed E-state index contributed by atoms with van der Waals surface area (Å²) >= 11 is 1.78. The summed E-state index contributed by atoms with van der Waals surface area (Å²) in [5, 5.41) is 4.67. The topological polar surface area (TPSA) is 24.9 Å². The van der Waals surface area contributed by atoms with Gasteiger partial charge in [-0.1, -0.05) is 13.3 Å². The van der Waals surface area contributed by atoms with Crippen LogP contribution in [0.4, 0.5) is 0 Å². The molecule has 14 heavy (non-hydrogen) atoms. The van der Waals surface area contributed by atoms with Crippen LogP contribution in [0.1, 0.15) is 42.3 Å². The molecule has 1 unspecified atom stereocenters. The van der Waals surface area contributed by atoms with Crippen LogP contribution in [-0.4, -0.2) is 11.0 Å². The lowest BCUT2D eigenvalue weighted by Crippen LogP contribution is -2.25. The Hall–Kier alpha value is -0.410. The molecule has 0 aliphatic rings. The fourth-order valence-electron chi connectivity index (χ4n) is 1.54. The molecule has 0 spiro atoms. The van der Waals surface area contributed by atoms with Gasteiger partial charge in [0.2, 0.25) is 0 Å². The van der Waals surface area contributed by atoms with Gasteiger partial charge in [-0.25, -0.2) is 4.98 Å². The van der Waals surface area contributed by atoms with Gasteiger partial charge < -0.3 is 5.32 Å². The number of aromatic nitrogens is 1. The van der Waals surface area contributed by atoms with Crippen LogP contribution >= 0.6 is 11.3 Å². The van der Waals surface area contributed by atoms with Crippen molar-refractivity contribution in [3.8, 4) is 0 Å². The zero-order valence-electron chi connectivity index (χ0n) is 9.55. The van der Waals surface area contributed by atoms with Crippen molar-refractivity contribution in [1.82, 2.24) is 10.3 Å². The number of aryl methyl sites for hydroxylation is 2. The highest BCUT2D eigenvalue weighted by atomic mass is 32.1. The quantitative estimate of drug-likeness (QED) is 0.811. The van der Waals surface area contributed by atoms with Crippen LogP contribution < -0.4 is 5.32 Å². The number of thiazole rings is 1. The predicted molar refractivity (Wildman–Crippen MR) is 62.8 cm³/mol. The molecular weight excluding hydrogens is 192 g/mol. The summed E-state index contributed by atoms with van der Waals surface area (Å²) in [4.78, 5) is 5.84. The summed E-state index contributed by atoms with van der Waals surface area (Å²) < 4.78 is 0. The second kappa shape index (κ2) is 5.47. The number of hydrogen-bond donors (Lipinski definition) is 1. The molecule has 0 radical (unpaired) electrons.